The normalized spacial score (nSPS) is 12.6. The second-order valence-electron chi connectivity index (χ2n) is 4.77. The van der Waals surface area contributed by atoms with Crippen molar-refractivity contribution in [2.24, 2.45) is 5.92 Å². The lowest BCUT2D eigenvalue weighted by molar-refractivity contribution is 0.0925. The molecule has 0 heterocycles. The summed E-state index contributed by atoms with van der Waals surface area (Å²) >= 11 is 6.87. The number of rotatable bonds is 5. The van der Waals surface area contributed by atoms with Crippen LogP contribution in [-0.2, 0) is 0 Å². The van der Waals surface area contributed by atoms with Crippen LogP contribution < -0.4 is 5.32 Å². The number of amides is 1. The fourth-order valence-corrected chi connectivity index (χ4v) is 2.47. The van der Waals surface area contributed by atoms with Crippen molar-refractivity contribution < 1.29 is 4.79 Å². The van der Waals surface area contributed by atoms with Crippen LogP contribution in [0.5, 0.6) is 0 Å². The number of aryl methyl sites for hydroxylation is 1. The van der Waals surface area contributed by atoms with E-state index in [1.54, 1.807) is 0 Å². The van der Waals surface area contributed by atoms with Crippen LogP contribution in [0, 0.1) is 12.8 Å². The summed E-state index contributed by atoms with van der Waals surface area (Å²) in [4.78, 5) is 12.2. The number of hydrogen-bond acceptors (Lipinski definition) is 1. The highest BCUT2D eigenvalue weighted by Crippen LogP contribution is 2.17. The predicted molar refractivity (Wildman–Crippen MR) is 83.4 cm³/mol. The van der Waals surface area contributed by atoms with Crippen molar-refractivity contribution in [3.8, 4) is 0 Å². The first-order valence-corrected chi connectivity index (χ1v) is 8.00. The standard InChI is InChI=1S/C14H19Br2NO/c1-9(2)13(6-7-15)17-14(18)11-4-5-12(16)10(3)8-11/h4-5,8-9,13H,6-7H2,1-3H3,(H,17,18). The van der Waals surface area contributed by atoms with Crippen molar-refractivity contribution in [1.29, 1.82) is 0 Å². The van der Waals surface area contributed by atoms with E-state index < -0.39 is 0 Å². The van der Waals surface area contributed by atoms with E-state index in [1.807, 2.05) is 25.1 Å². The van der Waals surface area contributed by atoms with E-state index in [2.05, 4.69) is 51.0 Å². The molecule has 1 atom stereocenters. The summed E-state index contributed by atoms with van der Waals surface area (Å²) in [5.41, 5.74) is 1.79. The number of halogens is 2. The smallest absolute Gasteiger partial charge is 0.251 e. The van der Waals surface area contributed by atoms with Gasteiger partial charge in [-0.2, -0.15) is 0 Å². The van der Waals surface area contributed by atoms with E-state index in [0.29, 0.717) is 5.92 Å². The molecule has 0 aromatic heterocycles. The first-order chi connectivity index (χ1) is 8.45. The average molecular weight is 377 g/mol. The van der Waals surface area contributed by atoms with Crippen LogP contribution in [0.3, 0.4) is 0 Å². The van der Waals surface area contributed by atoms with Crippen molar-refractivity contribution in [3.05, 3.63) is 33.8 Å². The number of alkyl halides is 1. The molecule has 0 radical (unpaired) electrons. The zero-order chi connectivity index (χ0) is 13.7. The summed E-state index contributed by atoms with van der Waals surface area (Å²) in [5, 5.41) is 3.99. The maximum atomic E-state index is 12.2. The first-order valence-electron chi connectivity index (χ1n) is 6.08. The van der Waals surface area contributed by atoms with Gasteiger partial charge < -0.3 is 5.32 Å². The van der Waals surface area contributed by atoms with E-state index in [9.17, 15) is 4.79 Å². The van der Waals surface area contributed by atoms with Crippen LogP contribution in [0.1, 0.15) is 36.2 Å². The molecular formula is C14H19Br2NO. The molecule has 2 nitrogen and oxygen atoms in total. The molecule has 0 aliphatic carbocycles. The van der Waals surface area contributed by atoms with Crippen molar-refractivity contribution in [2.75, 3.05) is 5.33 Å². The quantitative estimate of drug-likeness (QED) is 0.762. The highest BCUT2D eigenvalue weighted by atomic mass is 79.9. The molecule has 1 rings (SSSR count). The SMILES string of the molecule is Cc1cc(C(=O)NC(CCBr)C(C)C)ccc1Br. The Hall–Kier alpha value is -0.350. The van der Waals surface area contributed by atoms with Crippen LogP contribution >= 0.6 is 31.9 Å². The van der Waals surface area contributed by atoms with Gasteiger partial charge in [-0.15, -0.1) is 0 Å². The van der Waals surface area contributed by atoms with Crippen molar-refractivity contribution in [2.45, 2.75) is 33.2 Å². The van der Waals surface area contributed by atoms with Gasteiger partial charge in [-0.1, -0.05) is 45.7 Å². The van der Waals surface area contributed by atoms with E-state index in [-0.39, 0.29) is 11.9 Å². The third-order valence-corrected chi connectivity index (χ3v) is 4.31. The fraction of sp³-hybridized carbons (Fsp3) is 0.500. The van der Waals surface area contributed by atoms with Crippen molar-refractivity contribution >= 4 is 37.8 Å². The van der Waals surface area contributed by atoms with E-state index in [1.165, 1.54) is 0 Å². The molecule has 0 bridgehead atoms. The molecule has 0 fully saturated rings. The number of carbonyl (C=O) groups excluding carboxylic acids is 1. The Bertz CT molecular complexity index is 418. The molecule has 1 unspecified atom stereocenters. The van der Waals surface area contributed by atoms with Crippen LogP contribution in [0.15, 0.2) is 22.7 Å². The van der Waals surface area contributed by atoms with E-state index >= 15 is 0 Å². The largest absolute Gasteiger partial charge is 0.349 e. The molecule has 18 heavy (non-hydrogen) atoms. The van der Waals surface area contributed by atoms with Gasteiger partial charge in [-0.25, -0.2) is 0 Å². The third-order valence-electron chi connectivity index (χ3n) is 2.96. The predicted octanol–water partition coefficient (Wildman–Crippen LogP) is 4.30. The Kier molecular flexibility index (Phi) is 6.36. The summed E-state index contributed by atoms with van der Waals surface area (Å²) in [6, 6.07) is 5.88. The molecule has 1 N–H and O–H groups in total. The Labute approximate surface area is 126 Å². The van der Waals surface area contributed by atoms with Crippen molar-refractivity contribution in [3.63, 3.8) is 0 Å². The van der Waals surface area contributed by atoms with Gasteiger partial charge in [0.15, 0.2) is 0 Å². The van der Waals surface area contributed by atoms with Gasteiger partial charge in [0, 0.05) is 21.4 Å². The number of benzene rings is 1. The molecule has 0 spiro atoms. The number of nitrogens with one attached hydrogen (secondary N) is 1. The van der Waals surface area contributed by atoms with Crippen LogP contribution in [0.2, 0.25) is 0 Å². The monoisotopic (exact) mass is 375 g/mol. The minimum Gasteiger partial charge on any atom is -0.349 e. The second kappa shape index (κ2) is 7.29. The lowest BCUT2D eigenvalue weighted by Gasteiger charge is -2.21. The molecule has 0 aliphatic heterocycles. The Balaban J connectivity index is 2.77. The molecular weight excluding hydrogens is 358 g/mol. The van der Waals surface area contributed by atoms with Gasteiger partial charge in [0.1, 0.15) is 0 Å². The molecule has 0 saturated carbocycles. The number of hydrogen-bond donors (Lipinski definition) is 1. The Morgan fingerprint density at radius 3 is 2.56 bits per heavy atom. The molecule has 4 heteroatoms. The van der Waals surface area contributed by atoms with E-state index in [0.717, 1.165) is 27.4 Å². The second-order valence-corrected chi connectivity index (χ2v) is 6.41. The molecule has 0 saturated heterocycles. The van der Waals surface area contributed by atoms with E-state index in [4.69, 9.17) is 0 Å². The lowest BCUT2D eigenvalue weighted by Crippen LogP contribution is -2.38. The van der Waals surface area contributed by atoms with Crippen LogP contribution in [-0.4, -0.2) is 17.3 Å². The van der Waals surface area contributed by atoms with Gasteiger partial charge in [-0.05, 0) is 43.0 Å². The molecule has 100 valence electrons. The summed E-state index contributed by atoms with van der Waals surface area (Å²) in [5.74, 6) is 0.438. The lowest BCUT2D eigenvalue weighted by atomic mass is 10.0. The van der Waals surface area contributed by atoms with Crippen molar-refractivity contribution in [1.82, 2.24) is 5.32 Å². The van der Waals surface area contributed by atoms with Gasteiger partial charge in [0.25, 0.3) is 5.91 Å². The zero-order valence-electron chi connectivity index (χ0n) is 11.0. The maximum Gasteiger partial charge on any atom is 0.251 e. The molecule has 1 aromatic rings. The van der Waals surface area contributed by atoms with Gasteiger partial charge in [-0.3, -0.25) is 4.79 Å². The Morgan fingerprint density at radius 2 is 2.06 bits per heavy atom. The minimum atomic E-state index is 0.00486. The maximum absolute atomic E-state index is 12.2. The zero-order valence-corrected chi connectivity index (χ0v) is 14.1. The average Bonchev–Trinajstić information content (AvgIpc) is 2.31. The highest BCUT2D eigenvalue weighted by molar-refractivity contribution is 9.10. The number of carbonyl (C=O) groups is 1. The third kappa shape index (κ3) is 4.39. The summed E-state index contributed by atoms with van der Waals surface area (Å²) < 4.78 is 1.03. The Morgan fingerprint density at radius 1 is 1.39 bits per heavy atom. The summed E-state index contributed by atoms with van der Waals surface area (Å²) in [7, 11) is 0. The molecule has 1 aromatic carbocycles. The van der Waals surface area contributed by atoms with Gasteiger partial charge in [0.05, 0.1) is 0 Å². The van der Waals surface area contributed by atoms with Gasteiger partial charge in [0.2, 0.25) is 0 Å². The first kappa shape index (κ1) is 15.7. The fourth-order valence-electron chi connectivity index (χ4n) is 1.73. The minimum absolute atomic E-state index is 0.00486. The van der Waals surface area contributed by atoms with Gasteiger partial charge >= 0.3 is 0 Å². The van der Waals surface area contributed by atoms with Crippen LogP contribution in [0.25, 0.3) is 0 Å². The summed E-state index contributed by atoms with van der Waals surface area (Å²) in [6.45, 7) is 6.24. The molecule has 0 aliphatic rings. The summed E-state index contributed by atoms with van der Waals surface area (Å²) in [6.07, 6.45) is 0.943. The topological polar surface area (TPSA) is 29.1 Å². The highest BCUT2D eigenvalue weighted by Gasteiger charge is 2.16. The van der Waals surface area contributed by atoms with Crippen LogP contribution in [0.4, 0.5) is 0 Å². The molecule has 1 amide bonds.